The zero-order valence-electron chi connectivity index (χ0n) is 22.5. The van der Waals surface area contributed by atoms with Crippen LogP contribution >= 0.6 is 0 Å². The van der Waals surface area contributed by atoms with E-state index in [1.807, 2.05) is 66.7 Å². The van der Waals surface area contributed by atoms with Gasteiger partial charge in [-0.3, -0.25) is 4.79 Å². The molecule has 1 saturated heterocycles. The van der Waals surface area contributed by atoms with Crippen LogP contribution in [0.5, 0.6) is 17.2 Å². The average Bonchev–Trinajstić information content (AvgIpc) is 2.98. The molecule has 1 amide bonds. The summed E-state index contributed by atoms with van der Waals surface area (Å²) in [7, 11) is 2.12. The van der Waals surface area contributed by atoms with Gasteiger partial charge >= 0.3 is 0 Å². The Morgan fingerprint density at radius 3 is 2.15 bits per heavy atom. The first-order valence-electron chi connectivity index (χ1n) is 13.2. The number of ether oxygens (including phenoxy) is 2. The number of benzene rings is 4. The highest BCUT2D eigenvalue weighted by Gasteiger charge is 2.15. The summed E-state index contributed by atoms with van der Waals surface area (Å²) < 4.78 is 11.8. The van der Waals surface area contributed by atoms with Crippen molar-refractivity contribution >= 4 is 23.1 Å². The first-order chi connectivity index (χ1) is 19.4. The molecule has 40 heavy (non-hydrogen) atoms. The van der Waals surface area contributed by atoms with Gasteiger partial charge in [-0.2, -0.15) is 4.99 Å². The van der Waals surface area contributed by atoms with Crippen molar-refractivity contribution in [1.82, 2.24) is 4.90 Å². The second-order valence-electron chi connectivity index (χ2n) is 9.74. The van der Waals surface area contributed by atoms with Gasteiger partial charge in [0.05, 0.1) is 0 Å². The molecule has 8 heteroatoms. The number of nitrogens with zero attached hydrogens (tertiary/aromatic N) is 3. The summed E-state index contributed by atoms with van der Waals surface area (Å²) in [5, 5.41) is 0. The van der Waals surface area contributed by atoms with Crippen LogP contribution in [0.25, 0.3) is 0 Å². The molecule has 0 saturated carbocycles. The lowest BCUT2D eigenvalue weighted by Crippen LogP contribution is -2.44. The van der Waals surface area contributed by atoms with E-state index in [0.29, 0.717) is 34.9 Å². The topological polar surface area (TPSA) is 106 Å². The monoisotopic (exact) mass is 535 g/mol. The average molecular weight is 536 g/mol. The minimum Gasteiger partial charge on any atom is -0.489 e. The number of aliphatic imine (C=N–C) groups is 1. The SMILES string of the molecule is CN1CCN(c2ccc(C(=O)N=C(N)c3ccc(Oc4ccc(OCc5ccccc5)cc4)cc3N)cc2)CC1. The van der Waals surface area contributed by atoms with E-state index in [9.17, 15) is 4.79 Å². The molecule has 5 rings (SSSR count). The van der Waals surface area contributed by atoms with E-state index in [1.165, 1.54) is 0 Å². The Balaban J connectivity index is 1.18. The molecule has 1 aliphatic rings. The highest BCUT2D eigenvalue weighted by molar-refractivity contribution is 6.11. The third-order valence-corrected chi connectivity index (χ3v) is 6.81. The van der Waals surface area contributed by atoms with Gasteiger partial charge in [-0.05, 0) is 73.3 Å². The highest BCUT2D eigenvalue weighted by Crippen LogP contribution is 2.27. The second-order valence-corrected chi connectivity index (χ2v) is 9.74. The fourth-order valence-corrected chi connectivity index (χ4v) is 4.43. The predicted molar refractivity (Wildman–Crippen MR) is 159 cm³/mol. The molecule has 0 radical (unpaired) electrons. The van der Waals surface area contributed by atoms with Crippen LogP contribution in [0.3, 0.4) is 0 Å². The molecule has 0 bridgehead atoms. The summed E-state index contributed by atoms with van der Waals surface area (Å²) in [6.07, 6.45) is 0. The van der Waals surface area contributed by atoms with Gasteiger partial charge in [-0.1, -0.05) is 30.3 Å². The molecule has 0 aliphatic carbocycles. The number of carbonyl (C=O) groups excluding carboxylic acids is 1. The van der Waals surface area contributed by atoms with Crippen LogP contribution in [0, 0.1) is 0 Å². The van der Waals surface area contributed by atoms with E-state index < -0.39 is 5.91 Å². The third-order valence-electron chi connectivity index (χ3n) is 6.81. The van der Waals surface area contributed by atoms with Crippen molar-refractivity contribution < 1.29 is 14.3 Å². The lowest BCUT2D eigenvalue weighted by Gasteiger charge is -2.34. The Kier molecular flexibility index (Phi) is 8.27. The van der Waals surface area contributed by atoms with Crippen LogP contribution in [-0.4, -0.2) is 49.9 Å². The normalized spacial score (nSPS) is 14.1. The maximum absolute atomic E-state index is 12.8. The zero-order chi connectivity index (χ0) is 27.9. The molecule has 0 aromatic heterocycles. The first kappa shape index (κ1) is 26.8. The van der Waals surface area contributed by atoms with Gasteiger partial charge in [0.1, 0.15) is 29.7 Å². The van der Waals surface area contributed by atoms with Crippen LogP contribution < -0.4 is 25.8 Å². The number of rotatable bonds is 8. The van der Waals surface area contributed by atoms with Gasteiger partial charge in [-0.15, -0.1) is 0 Å². The van der Waals surface area contributed by atoms with E-state index in [0.717, 1.165) is 43.2 Å². The Bertz CT molecular complexity index is 1460. The second kappa shape index (κ2) is 12.4. The molecule has 0 unspecified atom stereocenters. The maximum Gasteiger partial charge on any atom is 0.278 e. The summed E-state index contributed by atoms with van der Waals surface area (Å²) in [5.41, 5.74) is 15.9. The zero-order valence-corrected chi connectivity index (χ0v) is 22.5. The van der Waals surface area contributed by atoms with Crippen LogP contribution in [0.4, 0.5) is 11.4 Å². The van der Waals surface area contributed by atoms with Gasteiger partial charge in [0.2, 0.25) is 0 Å². The minimum absolute atomic E-state index is 0.0529. The Morgan fingerprint density at radius 1 is 0.825 bits per heavy atom. The maximum atomic E-state index is 12.8. The van der Waals surface area contributed by atoms with E-state index >= 15 is 0 Å². The van der Waals surface area contributed by atoms with Crippen molar-refractivity contribution in [3.05, 3.63) is 114 Å². The molecule has 8 nitrogen and oxygen atoms in total. The number of carbonyl (C=O) groups is 1. The van der Waals surface area contributed by atoms with E-state index in [4.69, 9.17) is 20.9 Å². The minimum atomic E-state index is -0.420. The Hall–Kier alpha value is -4.82. The molecule has 1 fully saturated rings. The number of amidine groups is 1. The lowest BCUT2D eigenvalue weighted by molar-refractivity contribution is 0.100. The summed E-state index contributed by atoms with van der Waals surface area (Å²) in [6, 6.07) is 29.9. The predicted octanol–water partition coefficient (Wildman–Crippen LogP) is 4.94. The van der Waals surface area contributed by atoms with Crippen molar-refractivity contribution in [3.63, 3.8) is 0 Å². The van der Waals surface area contributed by atoms with Crippen molar-refractivity contribution in [2.24, 2.45) is 10.7 Å². The van der Waals surface area contributed by atoms with Crippen molar-refractivity contribution in [2.45, 2.75) is 6.61 Å². The van der Waals surface area contributed by atoms with Gasteiger partial charge in [0, 0.05) is 54.7 Å². The summed E-state index contributed by atoms with van der Waals surface area (Å²) in [5.74, 6) is 1.55. The van der Waals surface area contributed by atoms with Crippen molar-refractivity contribution in [3.8, 4) is 17.2 Å². The van der Waals surface area contributed by atoms with E-state index in [2.05, 4.69) is 21.8 Å². The molecule has 4 aromatic carbocycles. The molecular weight excluding hydrogens is 502 g/mol. The number of amides is 1. The standard InChI is InChI=1S/C32H33N5O3/c1-36-17-19-37(20-18-36)25-9-7-24(8-10-25)32(38)35-31(34)29-16-15-28(21-30(29)33)40-27-13-11-26(12-14-27)39-22-23-5-3-2-4-6-23/h2-16,21H,17-20,22,33H2,1H3,(H2,34,35,38). The molecule has 0 spiro atoms. The molecule has 4 N–H and O–H groups in total. The van der Waals surface area contributed by atoms with Crippen LogP contribution in [0.15, 0.2) is 102 Å². The Labute approximate surface area is 234 Å². The van der Waals surface area contributed by atoms with Gasteiger partial charge in [-0.25, -0.2) is 0 Å². The molecule has 204 valence electrons. The summed E-state index contributed by atoms with van der Waals surface area (Å²) in [4.78, 5) is 21.5. The largest absolute Gasteiger partial charge is 0.489 e. The quantitative estimate of drug-likeness (QED) is 0.187. The number of hydrogen-bond acceptors (Lipinski definition) is 6. The number of piperazine rings is 1. The lowest BCUT2D eigenvalue weighted by atomic mass is 10.1. The highest BCUT2D eigenvalue weighted by atomic mass is 16.5. The molecule has 4 aromatic rings. The fourth-order valence-electron chi connectivity index (χ4n) is 4.43. The smallest absolute Gasteiger partial charge is 0.278 e. The van der Waals surface area contributed by atoms with Gasteiger partial charge in [0.15, 0.2) is 0 Å². The number of likely N-dealkylation sites (N-methyl/N-ethyl adjacent to an activating group) is 1. The summed E-state index contributed by atoms with van der Waals surface area (Å²) >= 11 is 0. The van der Waals surface area contributed by atoms with Gasteiger partial charge < -0.3 is 30.7 Å². The number of hydrogen-bond donors (Lipinski definition) is 2. The number of anilines is 2. The number of nitrogen functional groups attached to an aromatic ring is 1. The molecular formula is C32H33N5O3. The first-order valence-corrected chi connectivity index (χ1v) is 13.2. The van der Waals surface area contributed by atoms with Crippen LogP contribution in [-0.2, 0) is 6.61 Å². The van der Waals surface area contributed by atoms with Crippen LogP contribution in [0.1, 0.15) is 21.5 Å². The molecule has 1 heterocycles. The number of nitrogens with two attached hydrogens (primary N) is 2. The van der Waals surface area contributed by atoms with Gasteiger partial charge in [0.25, 0.3) is 5.91 Å². The van der Waals surface area contributed by atoms with E-state index in [1.54, 1.807) is 30.3 Å². The fraction of sp³-hybridized carbons (Fsp3) is 0.188. The Morgan fingerprint density at radius 2 is 1.48 bits per heavy atom. The third kappa shape index (κ3) is 6.78. The van der Waals surface area contributed by atoms with Crippen molar-refractivity contribution in [1.29, 1.82) is 0 Å². The molecule has 0 atom stereocenters. The summed E-state index contributed by atoms with van der Waals surface area (Å²) in [6.45, 7) is 4.45. The molecule has 1 aliphatic heterocycles. The van der Waals surface area contributed by atoms with E-state index in [-0.39, 0.29) is 5.84 Å². The van der Waals surface area contributed by atoms with Crippen molar-refractivity contribution in [2.75, 3.05) is 43.9 Å². The van der Waals surface area contributed by atoms with Crippen LogP contribution in [0.2, 0.25) is 0 Å².